The molecule has 6 heteroatoms. The van der Waals surface area contributed by atoms with Crippen molar-refractivity contribution >= 4 is 11.9 Å². The van der Waals surface area contributed by atoms with E-state index < -0.39 is 12.1 Å². The fourth-order valence-corrected chi connectivity index (χ4v) is 8.60. The second-order valence-electron chi connectivity index (χ2n) is 19.6. The second-order valence-corrected chi connectivity index (χ2v) is 19.6. The second kappa shape index (κ2) is 55.4. The van der Waals surface area contributed by atoms with E-state index in [2.05, 4.69) is 55.6 Å². The Bertz CT molecular complexity index is 1110. The topological polar surface area (TPSA) is 95.9 Å². The molecule has 0 aromatic carbocycles. The molecule has 6 nitrogen and oxygen atoms in total. The largest absolute Gasteiger partial charge is 0.466 e. The molecule has 0 radical (unpaired) electrons. The van der Waals surface area contributed by atoms with E-state index in [0.29, 0.717) is 19.4 Å². The number of unbranched alkanes of at least 4 members (excludes halogenated alkanes) is 36. The molecule has 2 unspecified atom stereocenters. The molecule has 386 valence electrons. The summed E-state index contributed by atoms with van der Waals surface area (Å²) in [5.41, 5.74) is 0. The smallest absolute Gasteiger partial charge is 0.305 e. The number of aliphatic hydroxyl groups is 2. The van der Waals surface area contributed by atoms with Crippen LogP contribution in [0.4, 0.5) is 0 Å². The van der Waals surface area contributed by atoms with Gasteiger partial charge in [0.25, 0.3) is 0 Å². The highest BCUT2D eigenvalue weighted by molar-refractivity contribution is 5.76. The third-order valence-electron chi connectivity index (χ3n) is 13.1. The molecule has 66 heavy (non-hydrogen) atoms. The highest BCUT2D eigenvalue weighted by Crippen LogP contribution is 2.15. The minimum Gasteiger partial charge on any atom is -0.466 e. The number of carbonyl (C=O) groups is 2. The molecule has 0 fully saturated rings. The van der Waals surface area contributed by atoms with Crippen molar-refractivity contribution in [2.75, 3.05) is 13.2 Å². The van der Waals surface area contributed by atoms with Crippen molar-refractivity contribution in [3.8, 4) is 0 Å². The maximum absolute atomic E-state index is 12.4. The number of aliphatic hydroxyl groups excluding tert-OH is 2. The number of rotatable bonds is 53. The molecule has 0 aliphatic rings. The first-order valence-electron chi connectivity index (χ1n) is 28.9. The van der Waals surface area contributed by atoms with Crippen LogP contribution in [0.5, 0.6) is 0 Å². The van der Waals surface area contributed by atoms with Gasteiger partial charge in [0.1, 0.15) is 0 Å². The molecule has 0 heterocycles. The number of esters is 1. The van der Waals surface area contributed by atoms with Gasteiger partial charge >= 0.3 is 5.97 Å². The number of hydrogen-bond acceptors (Lipinski definition) is 5. The fourth-order valence-electron chi connectivity index (χ4n) is 8.60. The lowest BCUT2D eigenvalue weighted by atomic mass is 10.0. The number of allylic oxidation sites excluding steroid dienone is 7. The molecule has 0 aliphatic heterocycles. The van der Waals surface area contributed by atoms with E-state index >= 15 is 0 Å². The van der Waals surface area contributed by atoms with Crippen LogP contribution in [0.25, 0.3) is 0 Å². The number of nitrogens with one attached hydrogen (secondary N) is 1. The minimum atomic E-state index is -0.855. The minimum absolute atomic E-state index is 0.0198. The SMILES string of the molecule is CCCCCCCCC/C=C\CCCCCCCCCC(=O)OCCCCC/C=C\C/C=C\CCCCCCCCCC(=O)NC(CO)C(O)/C=C/CCCCCCCCCCCCCC. The van der Waals surface area contributed by atoms with Crippen LogP contribution in [-0.2, 0) is 14.3 Å². The van der Waals surface area contributed by atoms with Gasteiger partial charge in [-0.1, -0.05) is 236 Å². The van der Waals surface area contributed by atoms with Gasteiger partial charge in [0.15, 0.2) is 0 Å². The van der Waals surface area contributed by atoms with Crippen molar-refractivity contribution in [3.05, 3.63) is 48.6 Å². The van der Waals surface area contributed by atoms with Crippen molar-refractivity contribution < 1.29 is 24.5 Å². The van der Waals surface area contributed by atoms with Gasteiger partial charge in [-0.25, -0.2) is 0 Å². The molecule has 0 aliphatic carbocycles. The van der Waals surface area contributed by atoms with Crippen LogP contribution < -0.4 is 5.32 Å². The van der Waals surface area contributed by atoms with Crippen LogP contribution in [0.2, 0.25) is 0 Å². The van der Waals surface area contributed by atoms with Gasteiger partial charge < -0.3 is 20.3 Å². The number of ether oxygens (including phenoxy) is 1. The number of amides is 1. The fraction of sp³-hybridized carbons (Fsp3) is 0.833. The van der Waals surface area contributed by atoms with E-state index in [-0.39, 0.29) is 18.5 Å². The summed E-state index contributed by atoms with van der Waals surface area (Å²) in [6.45, 7) is 4.85. The molecule has 0 saturated carbocycles. The zero-order valence-electron chi connectivity index (χ0n) is 43.9. The summed E-state index contributed by atoms with van der Waals surface area (Å²) < 4.78 is 5.46. The van der Waals surface area contributed by atoms with Crippen LogP contribution in [-0.4, -0.2) is 47.4 Å². The first kappa shape index (κ1) is 63.8. The molecule has 0 rings (SSSR count). The Hall–Kier alpha value is -2.18. The average molecular weight is 927 g/mol. The molecule has 0 bridgehead atoms. The quantitative estimate of drug-likeness (QED) is 0.0321. The van der Waals surface area contributed by atoms with Gasteiger partial charge in [0, 0.05) is 12.8 Å². The van der Waals surface area contributed by atoms with Gasteiger partial charge in [-0.2, -0.15) is 0 Å². The Labute approximate surface area is 410 Å². The third kappa shape index (κ3) is 51.2. The first-order valence-corrected chi connectivity index (χ1v) is 28.9. The lowest BCUT2D eigenvalue weighted by molar-refractivity contribution is -0.143. The van der Waals surface area contributed by atoms with Gasteiger partial charge in [-0.3, -0.25) is 9.59 Å². The highest BCUT2D eigenvalue weighted by atomic mass is 16.5. The number of hydrogen-bond donors (Lipinski definition) is 3. The average Bonchev–Trinajstić information content (AvgIpc) is 3.32. The highest BCUT2D eigenvalue weighted by Gasteiger charge is 2.18. The Morgan fingerprint density at radius 1 is 0.424 bits per heavy atom. The van der Waals surface area contributed by atoms with Gasteiger partial charge in [-0.05, 0) is 96.3 Å². The zero-order chi connectivity index (χ0) is 47.9. The summed E-state index contributed by atoms with van der Waals surface area (Å²) in [4.78, 5) is 24.5. The molecule has 0 spiro atoms. The normalized spacial score (nSPS) is 13.0. The van der Waals surface area contributed by atoms with Crippen LogP contribution in [0.1, 0.15) is 296 Å². The van der Waals surface area contributed by atoms with Crippen LogP contribution in [0, 0.1) is 0 Å². The zero-order valence-corrected chi connectivity index (χ0v) is 43.9. The molecule has 0 aromatic rings. The molecular formula is C60H111NO5. The van der Waals surface area contributed by atoms with Crippen LogP contribution in [0.3, 0.4) is 0 Å². The summed E-state index contributed by atoms with van der Waals surface area (Å²) in [5, 5.41) is 23.1. The molecule has 0 saturated heterocycles. The van der Waals surface area contributed by atoms with Crippen molar-refractivity contribution in [1.82, 2.24) is 5.32 Å². The lowest BCUT2D eigenvalue weighted by Gasteiger charge is -2.20. The predicted molar refractivity (Wildman–Crippen MR) is 287 cm³/mol. The van der Waals surface area contributed by atoms with E-state index in [1.807, 2.05) is 6.08 Å². The molecule has 3 N–H and O–H groups in total. The Morgan fingerprint density at radius 2 is 0.758 bits per heavy atom. The monoisotopic (exact) mass is 926 g/mol. The lowest BCUT2D eigenvalue weighted by Crippen LogP contribution is -2.45. The van der Waals surface area contributed by atoms with Crippen molar-refractivity contribution in [3.63, 3.8) is 0 Å². The first-order chi connectivity index (χ1) is 32.5. The Morgan fingerprint density at radius 3 is 1.17 bits per heavy atom. The van der Waals surface area contributed by atoms with Gasteiger partial charge in [0.05, 0.1) is 25.4 Å². The molecular weight excluding hydrogens is 815 g/mol. The Kier molecular flexibility index (Phi) is 53.6. The van der Waals surface area contributed by atoms with Gasteiger partial charge in [-0.15, -0.1) is 0 Å². The number of carbonyl (C=O) groups excluding carboxylic acids is 2. The van der Waals surface area contributed by atoms with E-state index in [1.165, 1.54) is 186 Å². The van der Waals surface area contributed by atoms with Crippen LogP contribution >= 0.6 is 0 Å². The summed E-state index contributed by atoms with van der Waals surface area (Å²) >= 11 is 0. The van der Waals surface area contributed by atoms with E-state index in [9.17, 15) is 19.8 Å². The molecule has 2 atom stereocenters. The van der Waals surface area contributed by atoms with Crippen molar-refractivity contribution in [1.29, 1.82) is 0 Å². The maximum Gasteiger partial charge on any atom is 0.305 e. The van der Waals surface area contributed by atoms with Gasteiger partial charge in [0.2, 0.25) is 5.91 Å². The molecule has 1 amide bonds. The van der Waals surface area contributed by atoms with E-state index in [1.54, 1.807) is 6.08 Å². The summed E-state index contributed by atoms with van der Waals surface area (Å²) in [5.74, 6) is -0.105. The van der Waals surface area contributed by atoms with Crippen molar-refractivity contribution in [2.24, 2.45) is 0 Å². The Balaban J connectivity index is 3.51. The predicted octanol–water partition coefficient (Wildman–Crippen LogP) is 17.8. The summed E-state index contributed by atoms with van der Waals surface area (Å²) in [6, 6.07) is -0.640. The van der Waals surface area contributed by atoms with E-state index in [0.717, 1.165) is 83.5 Å². The molecule has 0 aromatic heterocycles. The van der Waals surface area contributed by atoms with E-state index in [4.69, 9.17) is 4.74 Å². The summed E-state index contributed by atoms with van der Waals surface area (Å²) in [7, 11) is 0. The standard InChI is InChI=1S/C60H111NO5/c1-3-5-7-9-11-13-15-17-19-20-23-26-30-34-38-42-46-50-54-60(65)66-55-51-47-43-39-35-31-27-24-21-22-25-29-33-37-41-45-49-53-59(64)61-57(56-62)58(63)52-48-44-40-36-32-28-18-16-14-12-10-8-6-4-2/h19-21,24,31,35,48,52,57-58,62-63H,3-18,22-23,25-30,32-34,36-47,49-51,53-56H2,1-2H3,(H,61,64)/b20-19-,24-21-,35-31-,52-48+. The summed E-state index contributed by atoms with van der Waals surface area (Å²) in [6.07, 6.45) is 69.9. The maximum atomic E-state index is 12.4. The van der Waals surface area contributed by atoms with Crippen LogP contribution in [0.15, 0.2) is 48.6 Å². The van der Waals surface area contributed by atoms with Crippen molar-refractivity contribution in [2.45, 2.75) is 309 Å². The third-order valence-corrected chi connectivity index (χ3v) is 13.1.